The lowest BCUT2D eigenvalue weighted by atomic mass is 10.3. The summed E-state index contributed by atoms with van der Waals surface area (Å²) in [6, 6.07) is 5.92. The summed E-state index contributed by atoms with van der Waals surface area (Å²) in [5, 5.41) is 11.5. The third-order valence-corrected chi connectivity index (χ3v) is 2.59. The first-order chi connectivity index (χ1) is 11.2. The summed E-state index contributed by atoms with van der Waals surface area (Å²) < 4.78 is 9.72. The van der Waals surface area contributed by atoms with E-state index in [4.69, 9.17) is 9.47 Å². The molecular weight excluding hydrogens is 324 g/mol. The van der Waals surface area contributed by atoms with Crippen molar-refractivity contribution in [2.75, 3.05) is 5.32 Å². The van der Waals surface area contributed by atoms with Crippen LogP contribution < -0.4 is 10.1 Å². The Bertz CT molecular complexity index is 628. The van der Waals surface area contributed by atoms with Crippen LogP contribution in [0.1, 0.15) is 20.8 Å². The molecule has 0 saturated carbocycles. The van der Waals surface area contributed by atoms with Gasteiger partial charge < -0.3 is 14.8 Å². The van der Waals surface area contributed by atoms with Gasteiger partial charge in [-0.25, -0.2) is 9.59 Å². The van der Waals surface area contributed by atoms with Crippen LogP contribution in [0.25, 0.3) is 0 Å². The van der Waals surface area contributed by atoms with E-state index in [1.165, 1.54) is 38.1 Å². The van der Waals surface area contributed by atoms with Gasteiger partial charge in [-0.15, -0.1) is 10.1 Å². The van der Waals surface area contributed by atoms with Crippen molar-refractivity contribution in [1.82, 2.24) is 0 Å². The molecule has 0 aliphatic heterocycles. The van der Waals surface area contributed by atoms with Gasteiger partial charge in [-0.05, 0) is 38.1 Å². The van der Waals surface area contributed by atoms with E-state index in [0.29, 0.717) is 5.69 Å². The Kier molecular flexibility index (Phi) is 6.65. The molecule has 0 bridgehead atoms. The van der Waals surface area contributed by atoms with Gasteiger partial charge in [0.25, 0.3) is 5.09 Å². The van der Waals surface area contributed by atoms with Crippen LogP contribution in [0.3, 0.4) is 0 Å². The summed E-state index contributed by atoms with van der Waals surface area (Å²) >= 11 is 0. The first kappa shape index (κ1) is 18.9. The zero-order valence-electron chi connectivity index (χ0n) is 13.2. The number of nitrogens with zero attached hydrogens (tertiary/aromatic N) is 1. The number of benzene rings is 1. The maximum absolute atomic E-state index is 11.8. The molecule has 1 aromatic carbocycles. The van der Waals surface area contributed by atoms with E-state index >= 15 is 0 Å². The molecule has 1 rings (SSSR count). The van der Waals surface area contributed by atoms with Gasteiger partial charge in [0.15, 0.2) is 6.10 Å². The van der Waals surface area contributed by atoms with Gasteiger partial charge in [-0.2, -0.15) is 0 Å². The molecular formula is C14H16N2O8. The number of ether oxygens (including phenoxy) is 2. The number of nitrogens with one attached hydrogen (secondary N) is 1. The van der Waals surface area contributed by atoms with Crippen LogP contribution in [0.5, 0.6) is 5.75 Å². The fourth-order valence-electron chi connectivity index (χ4n) is 1.50. The number of esters is 2. The fourth-order valence-corrected chi connectivity index (χ4v) is 1.50. The van der Waals surface area contributed by atoms with Crippen LogP contribution in [0.2, 0.25) is 0 Å². The maximum Gasteiger partial charge on any atom is 0.352 e. The molecule has 10 nitrogen and oxygen atoms in total. The predicted molar refractivity (Wildman–Crippen MR) is 79.5 cm³/mol. The van der Waals surface area contributed by atoms with Crippen LogP contribution in [0.15, 0.2) is 24.3 Å². The minimum absolute atomic E-state index is 0.173. The third kappa shape index (κ3) is 6.30. The Hall–Kier alpha value is -3.17. The lowest BCUT2D eigenvalue weighted by Crippen LogP contribution is -2.34. The number of hydrogen-bond acceptors (Lipinski definition) is 8. The lowest BCUT2D eigenvalue weighted by Gasteiger charge is -2.15. The maximum atomic E-state index is 11.8. The Morgan fingerprint density at radius 2 is 1.67 bits per heavy atom. The second-order valence-corrected chi connectivity index (χ2v) is 4.68. The molecule has 0 fully saturated rings. The van der Waals surface area contributed by atoms with Crippen LogP contribution >= 0.6 is 0 Å². The molecule has 2 atom stereocenters. The van der Waals surface area contributed by atoms with Crippen molar-refractivity contribution in [1.29, 1.82) is 0 Å². The van der Waals surface area contributed by atoms with Gasteiger partial charge in [-0.1, -0.05) is 0 Å². The number of hydrogen-bond donors (Lipinski definition) is 1. The summed E-state index contributed by atoms with van der Waals surface area (Å²) in [5.41, 5.74) is 0.521. The van der Waals surface area contributed by atoms with Gasteiger partial charge in [0, 0.05) is 12.6 Å². The molecule has 1 amide bonds. The Balaban J connectivity index is 2.56. The minimum atomic E-state index is -1.47. The SMILES string of the molecule is CC(=O)Nc1ccc(OC(=O)C(C)OC(=O)C(C)O[N+](=O)[O-])cc1. The van der Waals surface area contributed by atoms with Crippen LogP contribution in [0, 0.1) is 10.1 Å². The highest BCUT2D eigenvalue weighted by Gasteiger charge is 2.25. The van der Waals surface area contributed by atoms with Gasteiger partial charge >= 0.3 is 11.9 Å². The summed E-state index contributed by atoms with van der Waals surface area (Å²) in [6.07, 6.45) is -2.75. The van der Waals surface area contributed by atoms with E-state index in [1.807, 2.05) is 0 Å². The second kappa shape index (κ2) is 8.46. The average Bonchev–Trinajstić information content (AvgIpc) is 2.47. The topological polar surface area (TPSA) is 134 Å². The largest absolute Gasteiger partial charge is 0.449 e. The second-order valence-electron chi connectivity index (χ2n) is 4.68. The zero-order chi connectivity index (χ0) is 18.3. The molecule has 0 heterocycles. The average molecular weight is 340 g/mol. The molecule has 1 aromatic rings. The first-order valence-corrected chi connectivity index (χ1v) is 6.80. The van der Waals surface area contributed by atoms with Crippen molar-refractivity contribution < 1.29 is 33.8 Å². The van der Waals surface area contributed by atoms with Gasteiger partial charge in [0.05, 0.1) is 0 Å². The Morgan fingerprint density at radius 1 is 1.08 bits per heavy atom. The number of amides is 1. The highest BCUT2D eigenvalue weighted by Crippen LogP contribution is 2.16. The van der Waals surface area contributed by atoms with Gasteiger partial charge in [0.1, 0.15) is 5.75 Å². The van der Waals surface area contributed by atoms with Crippen molar-refractivity contribution in [3.05, 3.63) is 34.4 Å². The number of rotatable bonds is 7. The van der Waals surface area contributed by atoms with Gasteiger partial charge in [0.2, 0.25) is 12.0 Å². The molecule has 0 aromatic heterocycles. The molecule has 0 spiro atoms. The monoisotopic (exact) mass is 340 g/mol. The van der Waals surface area contributed by atoms with E-state index in [2.05, 4.69) is 10.2 Å². The molecule has 0 aliphatic carbocycles. The highest BCUT2D eigenvalue weighted by molar-refractivity contribution is 5.88. The Labute approximate surface area is 136 Å². The Morgan fingerprint density at radius 3 is 2.17 bits per heavy atom. The molecule has 24 heavy (non-hydrogen) atoms. The summed E-state index contributed by atoms with van der Waals surface area (Å²) in [6.45, 7) is 3.72. The fraction of sp³-hybridized carbons (Fsp3) is 0.357. The van der Waals surface area contributed by atoms with E-state index < -0.39 is 29.2 Å². The highest BCUT2D eigenvalue weighted by atomic mass is 17.0. The molecule has 2 unspecified atom stereocenters. The zero-order valence-corrected chi connectivity index (χ0v) is 13.2. The molecule has 0 saturated heterocycles. The van der Waals surface area contributed by atoms with Crippen LogP contribution in [-0.2, 0) is 24.0 Å². The quantitative estimate of drug-likeness (QED) is 0.337. The van der Waals surface area contributed by atoms with Crippen molar-refractivity contribution in [2.45, 2.75) is 33.0 Å². The molecule has 1 N–H and O–H groups in total. The number of anilines is 1. The molecule has 0 aliphatic rings. The summed E-state index contributed by atoms with van der Waals surface area (Å²) in [4.78, 5) is 48.3. The molecule has 130 valence electrons. The van der Waals surface area contributed by atoms with Gasteiger partial charge in [-0.3, -0.25) is 9.63 Å². The summed E-state index contributed by atoms with van der Waals surface area (Å²) in [7, 11) is 0. The van der Waals surface area contributed by atoms with Crippen molar-refractivity contribution >= 4 is 23.5 Å². The van der Waals surface area contributed by atoms with Crippen molar-refractivity contribution in [2.24, 2.45) is 0 Å². The predicted octanol–water partition coefficient (Wildman–Crippen LogP) is 1.08. The van der Waals surface area contributed by atoms with Crippen LogP contribution in [-0.4, -0.2) is 35.1 Å². The smallest absolute Gasteiger partial charge is 0.352 e. The van der Waals surface area contributed by atoms with Crippen molar-refractivity contribution in [3.8, 4) is 5.75 Å². The number of carbonyl (C=O) groups is 3. The normalized spacial score (nSPS) is 12.5. The minimum Gasteiger partial charge on any atom is -0.449 e. The molecule has 0 radical (unpaired) electrons. The molecule has 10 heteroatoms. The third-order valence-electron chi connectivity index (χ3n) is 2.59. The van der Waals surface area contributed by atoms with E-state index in [9.17, 15) is 24.5 Å². The standard InChI is InChI=1S/C14H16N2O8/c1-8(22-14(19)9(2)24-16(20)21)13(18)23-12-6-4-11(5-7-12)15-10(3)17/h4-9H,1-3H3,(H,15,17). The summed E-state index contributed by atoms with van der Waals surface area (Å²) in [5.74, 6) is -2.01. The van der Waals surface area contributed by atoms with Crippen molar-refractivity contribution in [3.63, 3.8) is 0 Å². The number of carbonyl (C=O) groups excluding carboxylic acids is 3. The lowest BCUT2D eigenvalue weighted by molar-refractivity contribution is -0.764. The van der Waals surface area contributed by atoms with E-state index in [0.717, 1.165) is 6.92 Å². The van der Waals surface area contributed by atoms with Crippen LogP contribution in [0.4, 0.5) is 5.69 Å². The first-order valence-electron chi connectivity index (χ1n) is 6.80. The van der Waals surface area contributed by atoms with E-state index in [1.54, 1.807) is 0 Å². The van der Waals surface area contributed by atoms with E-state index in [-0.39, 0.29) is 11.7 Å².